The molecule has 1 heterocycles. The molecular formula is C15H28N2O3. The molecular weight excluding hydrogens is 256 g/mol. The lowest BCUT2D eigenvalue weighted by Crippen LogP contribution is -2.61. The van der Waals surface area contributed by atoms with E-state index in [0.29, 0.717) is 18.6 Å². The van der Waals surface area contributed by atoms with E-state index in [1.165, 1.54) is 0 Å². The molecule has 1 atom stereocenters. The number of aliphatic carboxylic acids is 1. The van der Waals surface area contributed by atoms with E-state index in [9.17, 15) is 9.90 Å². The molecule has 0 aromatic heterocycles. The van der Waals surface area contributed by atoms with Gasteiger partial charge in [0.2, 0.25) is 0 Å². The van der Waals surface area contributed by atoms with Crippen molar-refractivity contribution in [1.29, 1.82) is 0 Å². The number of likely N-dealkylation sites (tertiary alicyclic amines) is 1. The summed E-state index contributed by atoms with van der Waals surface area (Å²) < 4.78 is 5.38. The molecule has 2 aliphatic rings. The zero-order valence-electron chi connectivity index (χ0n) is 12.7. The van der Waals surface area contributed by atoms with Crippen molar-refractivity contribution in [2.45, 2.75) is 50.7 Å². The summed E-state index contributed by atoms with van der Waals surface area (Å²) >= 11 is 0. The van der Waals surface area contributed by atoms with Crippen LogP contribution in [0.4, 0.5) is 0 Å². The number of hydrogen-bond acceptors (Lipinski definition) is 4. The highest BCUT2D eigenvalue weighted by atomic mass is 16.5. The van der Waals surface area contributed by atoms with Crippen LogP contribution in [0.3, 0.4) is 0 Å². The van der Waals surface area contributed by atoms with Crippen LogP contribution in [0.15, 0.2) is 0 Å². The van der Waals surface area contributed by atoms with Crippen molar-refractivity contribution < 1.29 is 14.6 Å². The molecule has 2 N–H and O–H groups in total. The lowest BCUT2D eigenvalue weighted by atomic mass is 9.91. The van der Waals surface area contributed by atoms with Gasteiger partial charge in [0.15, 0.2) is 0 Å². The second-order valence-electron chi connectivity index (χ2n) is 6.19. The third-order valence-corrected chi connectivity index (χ3v) is 4.69. The van der Waals surface area contributed by atoms with Crippen molar-refractivity contribution >= 4 is 5.97 Å². The molecule has 1 aliphatic heterocycles. The van der Waals surface area contributed by atoms with Gasteiger partial charge < -0.3 is 20.1 Å². The third kappa shape index (κ3) is 3.51. The minimum absolute atomic E-state index is 0.298. The number of ether oxygens (including phenoxy) is 1. The normalized spacial score (nSPS) is 24.5. The highest BCUT2D eigenvalue weighted by molar-refractivity contribution is 5.80. The molecule has 20 heavy (non-hydrogen) atoms. The second-order valence-corrected chi connectivity index (χ2v) is 6.19. The first-order chi connectivity index (χ1) is 9.62. The highest BCUT2D eigenvalue weighted by Crippen LogP contribution is 2.40. The van der Waals surface area contributed by atoms with Crippen LogP contribution in [0.25, 0.3) is 0 Å². The van der Waals surface area contributed by atoms with Gasteiger partial charge in [0.1, 0.15) is 5.54 Å². The predicted octanol–water partition coefficient (Wildman–Crippen LogP) is 1.33. The molecule has 1 unspecified atom stereocenters. The number of carboxylic acid groups (broad SMARTS) is 1. The van der Waals surface area contributed by atoms with Gasteiger partial charge in [-0.2, -0.15) is 0 Å². The predicted molar refractivity (Wildman–Crippen MR) is 77.9 cm³/mol. The molecule has 2 fully saturated rings. The van der Waals surface area contributed by atoms with E-state index in [4.69, 9.17) is 4.74 Å². The van der Waals surface area contributed by atoms with Gasteiger partial charge in [-0.25, -0.2) is 0 Å². The first-order valence-corrected chi connectivity index (χ1v) is 7.86. The van der Waals surface area contributed by atoms with Crippen molar-refractivity contribution in [2.24, 2.45) is 5.92 Å². The summed E-state index contributed by atoms with van der Waals surface area (Å²) in [4.78, 5) is 14.2. The summed E-state index contributed by atoms with van der Waals surface area (Å²) in [5.74, 6) is -0.381. The minimum Gasteiger partial charge on any atom is -0.480 e. The molecule has 0 aromatic carbocycles. The lowest BCUT2D eigenvalue weighted by molar-refractivity contribution is -0.147. The van der Waals surface area contributed by atoms with Crippen LogP contribution in [0.2, 0.25) is 0 Å². The Hall–Kier alpha value is -0.650. The monoisotopic (exact) mass is 284 g/mol. The van der Waals surface area contributed by atoms with Crippen LogP contribution >= 0.6 is 0 Å². The van der Waals surface area contributed by atoms with Gasteiger partial charge in [-0.3, -0.25) is 4.79 Å². The van der Waals surface area contributed by atoms with Crippen LogP contribution in [0, 0.1) is 5.92 Å². The third-order valence-electron chi connectivity index (χ3n) is 4.69. The van der Waals surface area contributed by atoms with Crippen LogP contribution < -0.4 is 5.32 Å². The Balaban J connectivity index is 1.98. The molecule has 5 nitrogen and oxygen atoms in total. The van der Waals surface area contributed by atoms with E-state index in [1.807, 2.05) is 0 Å². The number of rotatable bonds is 8. The lowest BCUT2D eigenvalue weighted by Gasteiger charge is -2.39. The molecule has 1 aliphatic carbocycles. The fraction of sp³-hybridized carbons (Fsp3) is 0.933. The van der Waals surface area contributed by atoms with Crippen molar-refractivity contribution in [3.8, 4) is 0 Å². The first kappa shape index (κ1) is 15.7. The summed E-state index contributed by atoms with van der Waals surface area (Å²) in [5, 5.41) is 13.1. The van der Waals surface area contributed by atoms with E-state index in [2.05, 4.69) is 17.1 Å². The van der Waals surface area contributed by atoms with Crippen molar-refractivity contribution in [3.05, 3.63) is 0 Å². The smallest absolute Gasteiger partial charge is 0.325 e. The van der Waals surface area contributed by atoms with Crippen LogP contribution in [-0.2, 0) is 9.53 Å². The van der Waals surface area contributed by atoms with Gasteiger partial charge in [0, 0.05) is 26.7 Å². The molecule has 0 aromatic rings. The van der Waals surface area contributed by atoms with Gasteiger partial charge in [-0.1, -0.05) is 6.92 Å². The molecule has 0 bridgehead atoms. The zero-order chi connectivity index (χ0) is 14.6. The summed E-state index contributed by atoms with van der Waals surface area (Å²) in [6, 6.07) is 0. The SMILES string of the molecule is CCCNC(CN1CCC(OC)CC1)(C(=O)O)C1CC1. The Morgan fingerprint density at radius 1 is 1.35 bits per heavy atom. The number of nitrogens with zero attached hydrogens (tertiary/aromatic N) is 1. The standard InChI is InChI=1S/C15H28N2O3/c1-3-8-16-15(14(18)19,12-4-5-12)11-17-9-6-13(20-2)7-10-17/h12-13,16H,3-11H2,1-2H3,(H,18,19). The Morgan fingerprint density at radius 2 is 2.00 bits per heavy atom. The quantitative estimate of drug-likeness (QED) is 0.704. The summed E-state index contributed by atoms with van der Waals surface area (Å²) in [5.41, 5.74) is -0.740. The number of carbonyl (C=O) groups is 1. The maximum absolute atomic E-state index is 11.9. The minimum atomic E-state index is -0.740. The topological polar surface area (TPSA) is 61.8 Å². The number of piperidine rings is 1. The Bertz CT molecular complexity index is 325. The first-order valence-electron chi connectivity index (χ1n) is 7.86. The summed E-state index contributed by atoms with van der Waals surface area (Å²) in [6.07, 6.45) is 5.40. The average Bonchev–Trinajstić information content (AvgIpc) is 3.28. The van der Waals surface area contributed by atoms with E-state index < -0.39 is 11.5 Å². The molecule has 0 spiro atoms. The molecule has 1 saturated carbocycles. The number of methoxy groups -OCH3 is 1. The molecule has 116 valence electrons. The van der Waals surface area contributed by atoms with Gasteiger partial charge in [0.05, 0.1) is 6.10 Å². The highest BCUT2D eigenvalue weighted by Gasteiger charge is 2.51. The van der Waals surface area contributed by atoms with E-state index in [1.54, 1.807) is 7.11 Å². The van der Waals surface area contributed by atoms with Crippen molar-refractivity contribution in [2.75, 3.05) is 33.3 Å². The van der Waals surface area contributed by atoms with E-state index in [0.717, 1.165) is 51.7 Å². The van der Waals surface area contributed by atoms with Crippen molar-refractivity contribution in [3.63, 3.8) is 0 Å². The summed E-state index contributed by atoms with van der Waals surface area (Å²) in [7, 11) is 1.76. The molecule has 1 saturated heterocycles. The maximum atomic E-state index is 11.9. The Morgan fingerprint density at radius 3 is 2.45 bits per heavy atom. The van der Waals surface area contributed by atoms with Gasteiger partial charge in [-0.05, 0) is 44.6 Å². The second kappa shape index (κ2) is 6.87. The van der Waals surface area contributed by atoms with Crippen molar-refractivity contribution in [1.82, 2.24) is 10.2 Å². The van der Waals surface area contributed by atoms with Crippen LogP contribution in [0.1, 0.15) is 39.0 Å². The van der Waals surface area contributed by atoms with Gasteiger partial charge in [-0.15, -0.1) is 0 Å². The van der Waals surface area contributed by atoms with E-state index >= 15 is 0 Å². The Labute approximate surface area is 121 Å². The fourth-order valence-corrected chi connectivity index (χ4v) is 3.23. The zero-order valence-corrected chi connectivity index (χ0v) is 12.7. The van der Waals surface area contributed by atoms with Gasteiger partial charge >= 0.3 is 5.97 Å². The molecule has 0 radical (unpaired) electrons. The number of hydrogen-bond donors (Lipinski definition) is 2. The molecule has 0 amide bonds. The number of carboxylic acids is 1. The summed E-state index contributed by atoms with van der Waals surface area (Å²) in [6.45, 7) is 5.36. The number of nitrogens with one attached hydrogen (secondary N) is 1. The van der Waals surface area contributed by atoms with Crippen LogP contribution in [0.5, 0.6) is 0 Å². The largest absolute Gasteiger partial charge is 0.480 e. The van der Waals surface area contributed by atoms with Gasteiger partial charge in [0.25, 0.3) is 0 Å². The molecule has 2 rings (SSSR count). The maximum Gasteiger partial charge on any atom is 0.325 e. The molecule has 5 heteroatoms. The van der Waals surface area contributed by atoms with E-state index in [-0.39, 0.29) is 0 Å². The fourth-order valence-electron chi connectivity index (χ4n) is 3.23. The average molecular weight is 284 g/mol. The van der Waals surface area contributed by atoms with Crippen LogP contribution in [-0.4, -0.2) is 60.9 Å². The Kier molecular flexibility index (Phi) is 5.41.